The first-order valence-electron chi connectivity index (χ1n) is 7.60. The summed E-state index contributed by atoms with van der Waals surface area (Å²) >= 11 is 0. The number of rotatable bonds is 6. The number of hydrogen-bond donors (Lipinski definition) is 1. The molecule has 0 radical (unpaired) electrons. The molecule has 2 aliphatic carbocycles. The molecule has 1 atom stereocenters. The van der Waals surface area contributed by atoms with Crippen molar-refractivity contribution >= 4 is 0 Å². The second-order valence-electron chi connectivity index (χ2n) is 5.96. The van der Waals surface area contributed by atoms with Gasteiger partial charge in [-0.15, -0.1) is 0 Å². The molecule has 0 heterocycles. The van der Waals surface area contributed by atoms with E-state index in [-0.39, 0.29) is 5.54 Å². The molecule has 0 aromatic carbocycles. The first-order valence-corrected chi connectivity index (χ1v) is 7.60. The maximum Gasteiger partial charge on any atom is 0.122 e. The molecule has 2 aliphatic rings. The molecule has 0 aromatic heterocycles. The standard InChI is InChI=1S/C15H27N3/c1-3-18(14-7-5-4-6-8-14)12-15(11-16,17-2)13-9-10-13/h13-14,17H,3-10,12H2,1-2H3. The van der Waals surface area contributed by atoms with E-state index in [9.17, 15) is 5.26 Å². The maximum absolute atomic E-state index is 9.59. The van der Waals surface area contributed by atoms with Gasteiger partial charge in [-0.05, 0) is 45.2 Å². The third kappa shape index (κ3) is 2.87. The van der Waals surface area contributed by atoms with Gasteiger partial charge in [-0.3, -0.25) is 4.90 Å². The highest BCUT2D eigenvalue weighted by Crippen LogP contribution is 2.40. The Morgan fingerprint density at radius 2 is 1.89 bits per heavy atom. The van der Waals surface area contributed by atoms with E-state index in [1.807, 2.05) is 7.05 Å². The number of hydrogen-bond acceptors (Lipinski definition) is 3. The van der Waals surface area contributed by atoms with Crippen molar-refractivity contribution in [1.82, 2.24) is 10.2 Å². The Labute approximate surface area is 112 Å². The van der Waals surface area contributed by atoms with Gasteiger partial charge in [-0.1, -0.05) is 26.2 Å². The minimum absolute atomic E-state index is 0.298. The Morgan fingerprint density at radius 3 is 2.33 bits per heavy atom. The summed E-state index contributed by atoms with van der Waals surface area (Å²) in [6, 6.07) is 3.29. The van der Waals surface area contributed by atoms with Gasteiger partial charge < -0.3 is 5.32 Å². The van der Waals surface area contributed by atoms with Gasteiger partial charge >= 0.3 is 0 Å². The minimum Gasteiger partial charge on any atom is -0.301 e. The third-order valence-electron chi connectivity index (χ3n) is 4.87. The van der Waals surface area contributed by atoms with Gasteiger partial charge in [0.05, 0.1) is 6.07 Å². The molecule has 2 rings (SSSR count). The topological polar surface area (TPSA) is 39.1 Å². The van der Waals surface area contributed by atoms with E-state index in [4.69, 9.17) is 0 Å². The Morgan fingerprint density at radius 1 is 1.22 bits per heavy atom. The molecule has 102 valence electrons. The Bertz CT molecular complexity index is 299. The molecule has 2 fully saturated rings. The molecule has 18 heavy (non-hydrogen) atoms. The molecular formula is C15H27N3. The fourth-order valence-electron chi connectivity index (χ4n) is 3.44. The zero-order valence-corrected chi connectivity index (χ0v) is 11.9. The van der Waals surface area contributed by atoms with E-state index in [0.717, 1.165) is 13.1 Å². The second-order valence-corrected chi connectivity index (χ2v) is 5.96. The number of nitrogens with zero attached hydrogens (tertiary/aromatic N) is 2. The smallest absolute Gasteiger partial charge is 0.122 e. The minimum atomic E-state index is -0.298. The highest BCUT2D eigenvalue weighted by molar-refractivity contribution is 5.16. The molecule has 1 unspecified atom stereocenters. The first-order chi connectivity index (χ1) is 8.75. The normalized spacial score (nSPS) is 24.8. The molecule has 0 spiro atoms. The molecule has 3 heteroatoms. The van der Waals surface area contributed by atoms with Crippen molar-refractivity contribution in [2.75, 3.05) is 20.1 Å². The van der Waals surface area contributed by atoms with Crippen molar-refractivity contribution in [2.45, 2.75) is 63.5 Å². The summed E-state index contributed by atoms with van der Waals surface area (Å²) in [4.78, 5) is 2.55. The summed E-state index contributed by atoms with van der Waals surface area (Å²) in [5.74, 6) is 0.574. The van der Waals surface area contributed by atoms with Crippen LogP contribution >= 0.6 is 0 Å². The van der Waals surface area contributed by atoms with E-state index in [0.29, 0.717) is 12.0 Å². The average Bonchev–Trinajstić information content (AvgIpc) is 3.27. The van der Waals surface area contributed by atoms with Crippen LogP contribution in [0.15, 0.2) is 0 Å². The zero-order valence-electron chi connectivity index (χ0n) is 11.9. The van der Waals surface area contributed by atoms with Crippen molar-refractivity contribution in [2.24, 2.45) is 5.92 Å². The second kappa shape index (κ2) is 6.04. The van der Waals surface area contributed by atoms with Gasteiger partial charge in [-0.2, -0.15) is 5.26 Å². The van der Waals surface area contributed by atoms with Crippen LogP contribution in [0.2, 0.25) is 0 Å². The van der Waals surface area contributed by atoms with Crippen LogP contribution in [0.25, 0.3) is 0 Å². The molecule has 1 N–H and O–H groups in total. The Balaban J connectivity index is 2.01. The summed E-state index contributed by atoms with van der Waals surface area (Å²) in [5, 5.41) is 12.9. The van der Waals surface area contributed by atoms with Crippen molar-refractivity contribution in [1.29, 1.82) is 5.26 Å². The van der Waals surface area contributed by atoms with Crippen LogP contribution in [-0.4, -0.2) is 36.6 Å². The van der Waals surface area contributed by atoms with Crippen LogP contribution in [0.5, 0.6) is 0 Å². The van der Waals surface area contributed by atoms with Crippen molar-refractivity contribution < 1.29 is 0 Å². The van der Waals surface area contributed by atoms with Crippen LogP contribution in [-0.2, 0) is 0 Å². The lowest BCUT2D eigenvalue weighted by Gasteiger charge is -2.39. The highest BCUT2D eigenvalue weighted by Gasteiger charge is 2.46. The van der Waals surface area contributed by atoms with Gasteiger partial charge in [0.2, 0.25) is 0 Å². The van der Waals surface area contributed by atoms with Crippen molar-refractivity contribution in [3.8, 4) is 6.07 Å². The fraction of sp³-hybridized carbons (Fsp3) is 0.933. The first kappa shape index (κ1) is 13.8. The number of likely N-dealkylation sites (N-methyl/N-ethyl adjacent to an activating group) is 2. The Kier molecular flexibility index (Phi) is 4.64. The van der Waals surface area contributed by atoms with Gasteiger partial charge in [0.1, 0.15) is 5.54 Å². The fourth-order valence-corrected chi connectivity index (χ4v) is 3.44. The molecule has 0 aliphatic heterocycles. The molecule has 0 saturated heterocycles. The summed E-state index contributed by atoms with van der Waals surface area (Å²) in [6.07, 6.45) is 9.21. The third-order valence-corrected chi connectivity index (χ3v) is 4.87. The van der Waals surface area contributed by atoms with Gasteiger partial charge in [0.15, 0.2) is 0 Å². The van der Waals surface area contributed by atoms with Gasteiger partial charge in [0.25, 0.3) is 0 Å². The lowest BCUT2D eigenvalue weighted by atomic mass is 9.90. The van der Waals surface area contributed by atoms with E-state index < -0.39 is 0 Å². The molecule has 0 bridgehead atoms. The predicted molar refractivity (Wildman–Crippen MR) is 74.2 cm³/mol. The summed E-state index contributed by atoms with van der Waals surface area (Å²) in [6.45, 7) is 4.22. The Hall–Kier alpha value is -0.590. The van der Waals surface area contributed by atoms with E-state index in [1.54, 1.807) is 0 Å². The van der Waals surface area contributed by atoms with Crippen LogP contribution < -0.4 is 5.32 Å². The van der Waals surface area contributed by atoms with E-state index in [2.05, 4.69) is 23.2 Å². The van der Waals surface area contributed by atoms with Crippen LogP contribution in [0.4, 0.5) is 0 Å². The summed E-state index contributed by atoms with van der Waals surface area (Å²) in [5.41, 5.74) is -0.298. The SMILES string of the molecule is CCN(CC(C#N)(NC)C1CC1)C1CCCCC1. The van der Waals surface area contributed by atoms with Gasteiger partial charge in [0, 0.05) is 12.6 Å². The van der Waals surface area contributed by atoms with Crippen molar-refractivity contribution in [3.63, 3.8) is 0 Å². The number of nitrogens with one attached hydrogen (secondary N) is 1. The van der Waals surface area contributed by atoms with Crippen molar-refractivity contribution in [3.05, 3.63) is 0 Å². The predicted octanol–water partition coefficient (Wildman–Crippen LogP) is 2.53. The molecule has 2 saturated carbocycles. The molecule has 0 aromatic rings. The largest absolute Gasteiger partial charge is 0.301 e. The lowest BCUT2D eigenvalue weighted by molar-refractivity contribution is 0.126. The summed E-state index contributed by atoms with van der Waals surface area (Å²) < 4.78 is 0. The van der Waals surface area contributed by atoms with Crippen LogP contribution in [0.1, 0.15) is 51.9 Å². The monoisotopic (exact) mass is 249 g/mol. The molecule has 3 nitrogen and oxygen atoms in total. The quantitative estimate of drug-likeness (QED) is 0.786. The van der Waals surface area contributed by atoms with Crippen LogP contribution in [0.3, 0.4) is 0 Å². The average molecular weight is 249 g/mol. The molecule has 0 amide bonds. The zero-order chi connectivity index (χ0) is 13.0. The van der Waals surface area contributed by atoms with Gasteiger partial charge in [-0.25, -0.2) is 0 Å². The number of nitriles is 1. The lowest BCUT2D eigenvalue weighted by Crippen LogP contribution is -2.55. The molecular weight excluding hydrogens is 222 g/mol. The highest BCUT2D eigenvalue weighted by atomic mass is 15.2. The van der Waals surface area contributed by atoms with E-state index in [1.165, 1.54) is 44.9 Å². The van der Waals surface area contributed by atoms with Crippen LogP contribution in [0, 0.1) is 17.2 Å². The maximum atomic E-state index is 9.59. The van der Waals surface area contributed by atoms with E-state index >= 15 is 0 Å². The summed E-state index contributed by atoms with van der Waals surface area (Å²) in [7, 11) is 1.95.